The number of aliphatic hydroxyl groups is 1. The molecule has 1 saturated heterocycles. The number of hydrogen-bond acceptors (Lipinski definition) is 6. The second kappa shape index (κ2) is 9.18. The standard InChI is InChI=1S/C23H26ClN3O5/c1-12-16(13(2)25-18(12)23(31)32-5)20(28)17-19(14-6-8-15(24)9-7-14)27(11-10-26(3)4)22(30)21(17)29/h6-9,19,25,28H,10-11H2,1-5H3/t19-/m0/s1. The van der Waals surface area contributed by atoms with E-state index in [9.17, 15) is 19.5 Å². The summed E-state index contributed by atoms with van der Waals surface area (Å²) in [5.41, 5.74) is 2.01. The highest BCUT2D eigenvalue weighted by molar-refractivity contribution is 6.46. The lowest BCUT2D eigenvalue weighted by atomic mass is 9.94. The van der Waals surface area contributed by atoms with E-state index in [1.54, 1.807) is 38.1 Å². The second-order valence-corrected chi connectivity index (χ2v) is 8.40. The summed E-state index contributed by atoms with van der Waals surface area (Å²) in [6.45, 7) is 4.14. The molecule has 0 saturated carbocycles. The van der Waals surface area contributed by atoms with Gasteiger partial charge < -0.3 is 24.6 Å². The van der Waals surface area contributed by atoms with Gasteiger partial charge in [-0.05, 0) is 51.2 Å². The van der Waals surface area contributed by atoms with E-state index >= 15 is 0 Å². The minimum atomic E-state index is -0.789. The van der Waals surface area contributed by atoms with Gasteiger partial charge in [0, 0.05) is 29.4 Å². The number of nitrogens with zero attached hydrogens (tertiary/aromatic N) is 2. The maximum atomic E-state index is 13.1. The van der Waals surface area contributed by atoms with Crippen LogP contribution in [0.1, 0.15) is 38.9 Å². The summed E-state index contributed by atoms with van der Waals surface area (Å²) >= 11 is 6.03. The number of Topliss-reactive ketones (excluding diaryl/α,β-unsaturated/α-hetero) is 1. The first-order valence-electron chi connectivity index (χ1n) is 10.0. The maximum Gasteiger partial charge on any atom is 0.354 e. The van der Waals surface area contributed by atoms with E-state index in [1.807, 2.05) is 19.0 Å². The highest BCUT2D eigenvalue weighted by atomic mass is 35.5. The largest absolute Gasteiger partial charge is 0.507 e. The number of esters is 1. The Balaban J connectivity index is 2.21. The van der Waals surface area contributed by atoms with Crippen LogP contribution in [0.25, 0.3) is 5.76 Å². The lowest BCUT2D eigenvalue weighted by molar-refractivity contribution is -0.140. The van der Waals surface area contributed by atoms with Crippen molar-refractivity contribution in [2.75, 3.05) is 34.3 Å². The molecule has 1 aliphatic rings. The molecule has 0 spiro atoms. The monoisotopic (exact) mass is 459 g/mol. The Hall–Kier alpha value is -3.10. The van der Waals surface area contributed by atoms with E-state index in [0.717, 1.165) is 0 Å². The Morgan fingerprint density at radius 3 is 2.41 bits per heavy atom. The molecule has 32 heavy (non-hydrogen) atoms. The molecule has 0 bridgehead atoms. The van der Waals surface area contributed by atoms with Gasteiger partial charge in [-0.1, -0.05) is 23.7 Å². The summed E-state index contributed by atoms with van der Waals surface area (Å²) in [5, 5.41) is 11.8. The number of amides is 1. The minimum Gasteiger partial charge on any atom is -0.507 e. The van der Waals surface area contributed by atoms with Crippen molar-refractivity contribution in [2.45, 2.75) is 19.9 Å². The first kappa shape index (κ1) is 23.6. The molecule has 2 heterocycles. The average Bonchev–Trinajstić information content (AvgIpc) is 3.18. The van der Waals surface area contributed by atoms with Crippen LogP contribution in [0.5, 0.6) is 0 Å². The molecule has 3 rings (SSSR count). The van der Waals surface area contributed by atoms with Crippen molar-refractivity contribution in [3.63, 3.8) is 0 Å². The fourth-order valence-electron chi connectivity index (χ4n) is 3.96. The molecule has 1 fully saturated rings. The van der Waals surface area contributed by atoms with Gasteiger partial charge in [-0.25, -0.2) is 4.79 Å². The topological polar surface area (TPSA) is 103 Å². The van der Waals surface area contributed by atoms with E-state index in [2.05, 4.69) is 4.98 Å². The summed E-state index contributed by atoms with van der Waals surface area (Å²) in [5.74, 6) is -2.39. The van der Waals surface area contributed by atoms with E-state index in [1.165, 1.54) is 12.0 Å². The van der Waals surface area contributed by atoms with Gasteiger partial charge in [-0.3, -0.25) is 9.59 Å². The summed E-state index contributed by atoms with van der Waals surface area (Å²) in [7, 11) is 5.00. The SMILES string of the molecule is COC(=O)c1[nH]c(C)c(C(O)=C2C(=O)C(=O)N(CCN(C)C)[C@H]2c2ccc(Cl)cc2)c1C. The van der Waals surface area contributed by atoms with Gasteiger partial charge in [-0.2, -0.15) is 0 Å². The van der Waals surface area contributed by atoms with Crippen molar-refractivity contribution in [1.29, 1.82) is 0 Å². The van der Waals surface area contributed by atoms with Crippen LogP contribution in [0.3, 0.4) is 0 Å². The fraction of sp³-hybridized carbons (Fsp3) is 0.348. The molecule has 0 unspecified atom stereocenters. The lowest BCUT2D eigenvalue weighted by Crippen LogP contribution is -2.35. The second-order valence-electron chi connectivity index (χ2n) is 7.96. The van der Waals surface area contributed by atoms with Crippen LogP contribution < -0.4 is 0 Å². The summed E-state index contributed by atoms with van der Waals surface area (Å²) in [6, 6.07) is 6.01. The molecule has 2 N–H and O–H groups in total. The third-order valence-corrected chi connectivity index (χ3v) is 5.83. The third kappa shape index (κ3) is 4.16. The quantitative estimate of drug-likeness (QED) is 0.298. The maximum absolute atomic E-state index is 13.1. The summed E-state index contributed by atoms with van der Waals surface area (Å²) in [4.78, 5) is 44.4. The molecule has 1 amide bonds. The number of benzene rings is 1. The van der Waals surface area contributed by atoms with E-state index < -0.39 is 23.7 Å². The number of hydrogen-bond donors (Lipinski definition) is 2. The van der Waals surface area contributed by atoms with Gasteiger partial charge in [0.25, 0.3) is 11.7 Å². The molecule has 1 aromatic heterocycles. The number of likely N-dealkylation sites (N-methyl/N-ethyl adjacent to an activating group) is 1. The van der Waals surface area contributed by atoms with E-state index in [4.69, 9.17) is 16.3 Å². The molecular formula is C23H26ClN3O5. The summed E-state index contributed by atoms with van der Waals surface area (Å²) < 4.78 is 4.79. The Bertz CT molecular complexity index is 1100. The molecule has 2 aromatic rings. The number of H-pyrrole nitrogens is 1. The molecule has 170 valence electrons. The molecule has 1 aliphatic heterocycles. The Kier molecular flexibility index (Phi) is 6.76. The lowest BCUT2D eigenvalue weighted by Gasteiger charge is -2.26. The van der Waals surface area contributed by atoms with Crippen molar-refractivity contribution in [1.82, 2.24) is 14.8 Å². The van der Waals surface area contributed by atoms with Crippen LogP contribution in [0.2, 0.25) is 5.02 Å². The summed E-state index contributed by atoms with van der Waals surface area (Å²) in [6.07, 6.45) is 0. The Morgan fingerprint density at radius 2 is 1.84 bits per heavy atom. The number of aryl methyl sites for hydroxylation is 1. The number of aromatic amines is 1. The number of likely N-dealkylation sites (tertiary alicyclic amines) is 1. The number of ketones is 1. The minimum absolute atomic E-state index is 0.0299. The van der Waals surface area contributed by atoms with E-state index in [0.29, 0.717) is 40.5 Å². The van der Waals surface area contributed by atoms with Crippen LogP contribution in [0.15, 0.2) is 29.8 Å². The first-order chi connectivity index (χ1) is 15.1. The molecule has 0 radical (unpaired) electrons. The smallest absolute Gasteiger partial charge is 0.354 e. The van der Waals surface area contributed by atoms with Gasteiger partial charge in [0.15, 0.2) is 0 Å². The van der Waals surface area contributed by atoms with Crippen molar-refractivity contribution < 1.29 is 24.2 Å². The van der Waals surface area contributed by atoms with Crippen LogP contribution >= 0.6 is 11.6 Å². The number of rotatable bonds is 6. The third-order valence-electron chi connectivity index (χ3n) is 5.58. The van der Waals surface area contributed by atoms with Gasteiger partial charge in [0.2, 0.25) is 0 Å². The Labute approximate surface area is 191 Å². The van der Waals surface area contributed by atoms with Crippen LogP contribution in [0.4, 0.5) is 0 Å². The highest BCUT2D eigenvalue weighted by Crippen LogP contribution is 2.41. The molecule has 1 aromatic carbocycles. The number of carbonyl (C=O) groups excluding carboxylic acids is 3. The number of methoxy groups -OCH3 is 1. The van der Waals surface area contributed by atoms with Crippen molar-refractivity contribution >= 4 is 35.0 Å². The molecule has 8 nitrogen and oxygen atoms in total. The Morgan fingerprint density at radius 1 is 1.22 bits per heavy atom. The molecule has 9 heteroatoms. The zero-order chi connectivity index (χ0) is 23.7. The van der Waals surface area contributed by atoms with Gasteiger partial charge in [0.05, 0.1) is 18.7 Å². The van der Waals surface area contributed by atoms with Crippen LogP contribution in [-0.4, -0.2) is 71.8 Å². The van der Waals surface area contributed by atoms with Gasteiger partial charge >= 0.3 is 5.97 Å². The molecule has 1 atom stereocenters. The van der Waals surface area contributed by atoms with Gasteiger partial charge in [0.1, 0.15) is 11.5 Å². The number of aliphatic hydroxyl groups excluding tert-OH is 1. The van der Waals surface area contributed by atoms with Crippen LogP contribution in [0, 0.1) is 13.8 Å². The molecule has 0 aliphatic carbocycles. The number of nitrogens with one attached hydrogen (secondary N) is 1. The average molecular weight is 460 g/mol. The number of ether oxygens (including phenoxy) is 1. The normalized spacial score (nSPS) is 18.0. The fourth-order valence-corrected chi connectivity index (χ4v) is 4.08. The van der Waals surface area contributed by atoms with Gasteiger partial charge in [-0.15, -0.1) is 0 Å². The predicted molar refractivity (Wildman–Crippen MR) is 121 cm³/mol. The zero-order valence-corrected chi connectivity index (χ0v) is 19.4. The highest BCUT2D eigenvalue weighted by Gasteiger charge is 2.46. The van der Waals surface area contributed by atoms with E-state index in [-0.39, 0.29) is 17.0 Å². The number of aromatic nitrogens is 1. The first-order valence-corrected chi connectivity index (χ1v) is 10.4. The van der Waals surface area contributed by atoms with Crippen LogP contribution in [-0.2, 0) is 14.3 Å². The predicted octanol–water partition coefficient (Wildman–Crippen LogP) is 3.05. The van der Waals surface area contributed by atoms with Crippen molar-refractivity contribution in [3.05, 3.63) is 62.9 Å². The van der Waals surface area contributed by atoms with Crippen molar-refractivity contribution in [2.24, 2.45) is 0 Å². The molecular weight excluding hydrogens is 434 g/mol. The number of carbonyl (C=O) groups is 3. The zero-order valence-electron chi connectivity index (χ0n) is 18.7. The van der Waals surface area contributed by atoms with Crippen molar-refractivity contribution in [3.8, 4) is 0 Å². The number of halogens is 1.